The topological polar surface area (TPSA) is 84.5 Å². The zero-order valence-electron chi connectivity index (χ0n) is 11.1. The monoisotopic (exact) mass is 268 g/mol. The number of carbonyl (C=O) groups excluding carboxylic acids is 3. The Labute approximate surface area is 112 Å². The van der Waals surface area contributed by atoms with E-state index in [9.17, 15) is 14.4 Å². The largest absolute Gasteiger partial charge is 0.456 e. The third kappa shape index (κ3) is 3.68. The first kappa shape index (κ1) is 13.8. The summed E-state index contributed by atoms with van der Waals surface area (Å²) in [6, 6.07) is -0.603. The van der Waals surface area contributed by atoms with E-state index in [0.717, 1.165) is 12.3 Å². The van der Waals surface area contributed by atoms with Crippen molar-refractivity contribution in [2.45, 2.75) is 32.1 Å². The van der Waals surface area contributed by atoms with Crippen molar-refractivity contribution < 1.29 is 19.1 Å². The molecule has 0 radical (unpaired) electrons. The molecule has 2 rings (SSSR count). The quantitative estimate of drug-likeness (QED) is 0.739. The van der Waals surface area contributed by atoms with Gasteiger partial charge >= 0.3 is 12.0 Å². The molecule has 6 heteroatoms. The number of esters is 1. The van der Waals surface area contributed by atoms with E-state index in [1.54, 1.807) is 0 Å². The van der Waals surface area contributed by atoms with Crippen LogP contribution < -0.4 is 10.6 Å². The second kappa shape index (κ2) is 6.04. The number of ether oxygens (including phenoxy) is 1. The summed E-state index contributed by atoms with van der Waals surface area (Å²) in [7, 11) is 1.41. The number of imide groups is 1. The number of rotatable bonds is 4. The summed E-state index contributed by atoms with van der Waals surface area (Å²) in [5.74, 6) is 0.926. The highest BCUT2D eigenvalue weighted by Gasteiger charge is 2.40. The Morgan fingerprint density at radius 1 is 1.21 bits per heavy atom. The first-order chi connectivity index (χ1) is 9.08. The van der Waals surface area contributed by atoms with Crippen molar-refractivity contribution >= 4 is 17.9 Å². The van der Waals surface area contributed by atoms with E-state index in [1.165, 1.54) is 26.3 Å². The van der Waals surface area contributed by atoms with Crippen LogP contribution in [0.5, 0.6) is 0 Å². The van der Waals surface area contributed by atoms with Crippen molar-refractivity contribution in [1.82, 2.24) is 10.6 Å². The number of fused-ring (bicyclic) bond motifs is 2. The molecule has 0 aliphatic heterocycles. The van der Waals surface area contributed by atoms with Crippen molar-refractivity contribution in [1.29, 1.82) is 0 Å². The van der Waals surface area contributed by atoms with Crippen molar-refractivity contribution in [2.24, 2.45) is 17.8 Å². The minimum atomic E-state index is -0.611. The van der Waals surface area contributed by atoms with Gasteiger partial charge in [-0.25, -0.2) is 4.79 Å². The van der Waals surface area contributed by atoms with E-state index in [0.29, 0.717) is 18.3 Å². The predicted octanol–water partition coefficient (Wildman–Crippen LogP) is 0.811. The maximum absolute atomic E-state index is 11.6. The van der Waals surface area contributed by atoms with Crippen LogP contribution in [0, 0.1) is 17.8 Å². The average molecular weight is 268 g/mol. The molecule has 0 unspecified atom stereocenters. The van der Waals surface area contributed by atoms with Crippen LogP contribution in [0.2, 0.25) is 0 Å². The van der Waals surface area contributed by atoms with E-state index in [-0.39, 0.29) is 5.97 Å². The number of urea groups is 1. The standard InChI is InChI=1S/C13H20N2O4/c1-14-13(18)15-11(16)7-19-12(17)6-10-5-8-2-3-9(10)4-8/h8-10H,2-7H2,1H3,(H2,14,15,16,18)/t8-,9+,10-/m0/s1. The second-order valence-corrected chi connectivity index (χ2v) is 5.43. The lowest BCUT2D eigenvalue weighted by Crippen LogP contribution is -2.39. The first-order valence-electron chi connectivity index (χ1n) is 6.75. The molecule has 2 aliphatic rings. The average Bonchev–Trinajstić information content (AvgIpc) is 2.98. The molecule has 3 atom stereocenters. The van der Waals surface area contributed by atoms with E-state index in [2.05, 4.69) is 5.32 Å². The van der Waals surface area contributed by atoms with Gasteiger partial charge in [-0.1, -0.05) is 6.42 Å². The molecule has 2 saturated carbocycles. The van der Waals surface area contributed by atoms with Crippen LogP contribution in [0.3, 0.4) is 0 Å². The van der Waals surface area contributed by atoms with Gasteiger partial charge in [-0.05, 0) is 37.0 Å². The molecule has 0 aromatic rings. The van der Waals surface area contributed by atoms with Crippen LogP contribution in [-0.2, 0) is 14.3 Å². The Balaban J connectivity index is 1.65. The van der Waals surface area contributed by atoms with Crippen molar-refractivity contribution in [2.75, 3.05) is 13.7 Å². The predicted molar refractivity (Wildman–Crippen MR) is 67.1 cm³/mol. The molecule has 0 spiro atoms. The number of carbonyl (C=O) groups is 3. The molecular formula is C13H20N2O4. The van der Waals surface area contributed by atoms with Gasteiger partial charge in [0.05, 0.1) is 0 Å². The molecule has 6 nitrogen and oxygen atoms in total. The number of hydrogen-bond acceptors (Lipinski definition) is 4. The van der Waals surface area contributed by atoms with Crippen LogP contribution in [0.25, 0.3) is 0 Å². The van der Waals surface area contributed by atoms with Gasteiger partial charge in [0.2, 0.25) is 0 Å². The van der Waals surface area contributed by atoms with E-state index < -0.39 is 18.5 Å². The van der Waals surface area contributed by atoms with Crippen molar-refractivity contribution in [3.05, 3.63) is 0 Å². The van der Waals surface area contributed by atoms with Crippen LogP contribution in [0.4, 0.5) is 4.79 Å². The van der Waals surface area contributed by atoms with Gasteiger partial charge in [0, 0.05) is 13.5 Å². The van der Waals surface area contributed by atoms with Gasteiger partial charge < -0.3 is 10.1 Å². The highest BCUT2D eigenvalue weighted by molar-refractivity contribution is 5.95. The lowest BCUT2D eigenvalue weighted by atomic mass is 9.86. The smallest absolute Gasteiger partial charge is 0.321 e. The molecule has 2 N–H and O–H groups in total. The summed E-state index contributed by atoms with van der Waals surface area (Å²) >= 11 is 0. The Bertz CT molecular complexity index is 383. The molecule has 19 heavy (non-hydrogen) atoms. The van der Waals surface area contributed by atoms with Gasteiger partial charge in [-0.2, -0.15) is 0 Å². The van der Waals surface area contributed by atoms with Crippen LogP contribution in [-0.4, -0.2) is 31.6 Å². The molecule has 0 heterocycles. The Kier molecular flexibility index (Phi) is 4.39. The number of hydrogen-bond donors (Lipinski definition) is 2. The molecule has 2 aliphatic carbocycles. The minimum absolute atomic E-state index is 0.343. The molecule has 106 valence electrons. The molecule has 0 aromatic carbocycles. The van der Waals surface area contributed by atoms with E-state index in [4.69, 9.17) is 4.74 Å². The first-order valence-corrected chi connectivity index (χ1v) is 6.75. The van der Waals surface area contributed by atoms with Gasteiger partial charge in [-0.15, -0.1) is 0 Å². The van der Waals surface area contributed by atoms with Crippen molar-refractivity contribution in [3.8, 4) is 0 Å². The summed E-state index contributed by atoms with van der Waals surface area (Å²) in [6.07, 6.45) is 5.28. The molecular weight excluding hydrogens is 248 g/mol. The Morgan fingerprint density at radius 2 is 2.00 bits per heavy atom. The third-order valence-corrected chi connectivity index (χ3v) is 4.16. The zero-order chi connectivity index (χ0) is 13.8. The summed E-state index contributed by atoms with van der Waals surface area (Å²) in [6.45, 7) is -0.396. The molecule has 2 bridgehead atoms. The van der Waals surface area contributed by atoms with Crippen LogP contribution in [0.1, 0.15) is 32.1 Å². The summed E-state index contributed by atoms with van der Waals surface area (Å²) in [4.78, 5) is 33.7. The van der Waals surface area contributed by atoms with Crippen LogP contribution in [0.15, 0.2) is 0 Å². The Hall–Kier alpha value is -1.59. The highest BCUT2D eigenvalue weighted by Crippen LogP contribution is 2.49. The van der Waals surface area contributed by atoms with Crippen molar-refractivity contribution in [3.63, 3.8) is 0 Å². The van der Waals surface area contributed by atoms with Gasteiger partial charge in [-0.3, -0.25) is 14.9 Å². The molecule has 0 aromatic heterocycles. The maximum atomic E-state index is 11.6. The fourth-order valence-electron chi connectivity index (χ4n) is 3.27. The van der Waals surface area contributed by atoms with Crippen LogP contribution >= 0.6 is 0 Å². The lowest BCUT2D eigenvalue weighted by Gasteiger charge is -2.20. The SMILES string of the molecule is CNC(=O)NC(=O)COC(=O)C[C@@H]1C[C@H]2CC[C@@H]1C2. The molecule has 3 amide bonds. The van der Waals surface area contributed by atoms with E-state index in [1.807, 2.05) is 5.32 Å². The lowest BCUT2D eigenvalue weighted by molar-refractivity contribution is -0.149. The Morgan fingerprint density at radius 3 is 2.58 bits per heavy atom. The highest BCUT2D eigenvalue weighted by atomic mass is 16.5. The minimum Gasteiger partial charge on any atom is -0.456 e. The fourth-order valence-corrected chi connectivity index (χ4v) is 3.27. The third-order valence-electron chi connectivity index (χ3n) is 4.16. The molecule has 2 fully saturated rings. The maximum Gasteiger partial charge on any atom is 0.321 e. The summed E-state index contributed by atoms with van der Waals surface area (Å²) in [5, 5.41) is 4.29. The van der Waals surface area contributed by atoms with Gasteiger partial charge in [0.1, 0.15) is 0 Å². The van der Waals surface area contributed by atoms with Gasteiger partial charge in [0.15, 0.2) is 6.61 Å². The normalized spacial score (nSPS) is 27.9. The summed E-state index contributed by atoms with van der Waals surface area (Å²) in [5.41, 5.74) is 0. The molecule has 0 saturated heterocycles. The van der Waals surface area contributed by atoms with Gasteiger partial charge in [0.25, 0.3) is 5.91 Å². The summed E-state index contributed by atoms with van der Waals surface area (Å²) < 4.78 is 4.89. The second-order valence-electron chi connectivity index (χ2n) is 5.43. The fraction of sp³-hybridized carbons (Fsp3) is 0.769. The van der Waals surface area contributed by atoms with E-state index >= 15 is 0 Å². The zero-order valence-corrected chi connectivity index (χ0v) is 11.1. The number of nitrogens with one attached hydrogen (secondary N) is 2. The number of amides is 3.